The molecular weight excluding hydrogens is 280 g/mol. The van der Waals surface area contributed by atoms with Crippen molar-refractivity contribution in [3.63, 3.8) is 0 Å². The van der Waals surface area contributed by atoms with Crippen LogP contribution in [0.15, 0.2) is 35.0 Å². The van der Waals surface area contributed by atoms with Crippen molar-refractivity contribution in [2.24, 2.45) is 0 Å². The van der Waals surface area contributed by atoms with Gasteiger partial charge in [-0.25, -0.2) is 0 Å². The monoisotopic (exact) mass is 288 g/mol. The van der Waals surface area contributed by atoms with E-state index in [1.807, 2.05) is 29.0 Å². The maximum absolute atomic E-state index is 9.14. The average molecular weight is 288 g/mol. The van der Waals surface area contributed by atoms with E-state index < -0.39 is 0 Å². The second kappa shape index (κ2) is 4.58. The Hall–Kier alpha value is -1.61. The lowest BCUT2D eigenvalue weighted by Crippen LogP contribution is -1.87. The second-order valence-electron chi connectivity index (χ2n) is 3.62. The SMILES string of the molecule is N#Cc1sc(-c2cccs2)c(-c2cccs2)c1N. The van der Waals surface area contributed by atoms with Gasteiger partial charge in [0.1, 0.15) is 10.9 Å². The highest BCUT2D eigenvalue weighted by Gasteiger charge is 2.19. The van der Waals surface area contributed by atoms with Crippen molar-refractivity contribution in [1.29, 1.82) is 5.26 Å². The molecule has 88 valence electrons. The minimum absolute atomic E-state index is 0.599. The van der Waals surface area contributed by atoms with Crippen LogP contribution in [0.25, 0.3) is 20.2 Å². The fourth-order valence-corrected chi connectivity index (χ4v) is 4.52. The van der Waals surface area contributed by atoms with Crippen molar-refractivity contribution < 1.29 is 0 Å². The maximum Gasteiger partial charge on any atom is 0.129 e. The van der Waals surface area contributed by atoms with Crippen LogP contribution >= 0.6 is 34.0 Å². The number of hydrogen-bond donors (Lipinski definition) is 1. The molecule has 0 aromatic carbocycles. The Kier molecular flexibility index (Phi) is 2.92. The fourth-order valence-electron chi connectivity index (χ4n) is 1.77. The Balaban J connectivity index is 2.29. The Bertz CT molecular complexity index is 700. The highest BCUT2D eigenvalue weighted by molar-refractivity contribution is 7.23. The molecule has 0 amide bonds. The van der Waals surface area contributed by atoms with E-state index in [1.54, 1.807) is 22.7 Å². The van der Waals surface area contributed by atoms with Crippen LogP contribution < -0.4 is 5.73 Å². The number of thiophene rings is 3. The van der Waals surface area contributed by atoms with E-state index in [-0.39, 0.29) is 0 Å². The fraction of sp³-hybridized carbons (Fsp3) is 0. The predicted octanol–water partition coefficient (Wildman–Crippen LogP) is 4.66. The van der Waals surface area contributed by atoms with Crippen LogP contribution in [0.4, 0.5) is 5.69 Å². The molecular formula is C13H8N2S3. The third-order valence-electron chi connectivity index (χ3n) is 2.56. The van der Waals surface area contributed by atoms with Gasteiger partial charge in [-0.2, -0.15) is 5.26 Å². The van der Waals surface area contributed by atoms with E-state index in [2.05, 4.69) is 12.1 Å². The first kappa shape index (κ1) is 11.5. The summed E-state index contributed by atoms with van der Waals surface area (Å²) in [4.78, 5) is 3.98. The summed E-state index contributed by atoms with van der Waals surface area (Å²) in [5.41, 5.74) is 7.72. The van der Waals surface area contributed by atoms with Crippen molar-refractivity contribution in [2.45, 2.75) is 0 Å². The molecule has 3 rings (SSSR count). The molecule has 0 unspecified atom stereocenters. The lowest BCUT2D eigenvalue weighted by atomic mass is 10.1. The molecule has 0 aliphatic carbocycles. The van der Waals surface area contributed by atoms with E-state index in [1.165, 1.54) is 11.3 Å². The minimum atomic E-state index is 0.599. The molecule has 2 N–H and O–H groups in total. The molecule has 2 nitrogen and oxygen atoms in total. The summed E-state index contributed by atoms with van der Waals surface area (Å²) in [6.45, 7) is 0. The largest absolute Gasteiger partial charge is 0.396 e. The van der Waals surface area contributed by atoms with Gasteiger partial charge in [0, 0.05) is 15.3 Å². The van der Waals surface area contributed by atoms with Gasteiger partial charge >= 0.3 is 0 Å². The zero-order chi connectivity index (χ0) is 12.5. The average Bonchev–Trinajstić information content (AvgIpc) is 3.08. The van der Waals surface area contributed by atoms with Gasteiger partial charge < -0.3 is 5.73 Å². The molecule has 3 heterocycles. The first-order valence-corrected chi connectivity index (χ1v) is 7.79. The Labute approximate surface area is 117 Å². The summed E-state index contributed by atoms with van der Waals surface area (Å²) in [6.07, 6.45) is 0. The number of hydrogen-bond acceptors (Lipinski definition) is 5. The molecule has 0 spiro atoms. The van der Waals surface area contributed by atoms with Crippen LogP contribution in [-0.2, 0) is 0 Å². The smallest absolute Gasteiger partial charge is 0.129 e. The lowest BCUT2D eigenvalue weighted by Gasteiger charge is -2.00. The Morgan fingerprint density at radius 2 is 1.72 bits per heavy atom. The van der Waals surface area contributed by atoms with Gasteiger partial charge in [-0.1, -0.05) is 12.1 Å². The van der Waals surface area contributed by atoms with Crippen molar-refractivity contribution in [2.75, 3.05) is 5.73 Å². The highest BCUT2D eigenvalue weighted by Crippen LogP contribution is 2.47. The molecule has 0 bridgehead atoms. The standard InChI is InChI=1S/C13H8N2S3/c14-7-10-12(15)11(8-3-1-5-16-8)13(18-10)9-4-2-6-17-9/h1-6H,15H2. The van der Waals surface area contributed by atoms with Gasteiger partial charge in [0.2, 0.25) is 0 Å². The van der Waals surface area contributed by atoms with Crippen LogP contribution in [0.2, 0.25) is 0 Å². The van der Waals surface area contributed by atoms with Crippen LogP contribution in [0.5, 0.6) is 0 Å². The highest BCUT2D eigenvalue weighted by atomic mass is 32.1. The van der Waals surface area contributed by atoms with E-state index in [0.717, 1.165) is 20.2 Å². The summed E-state index contributed by atoms with van der Waals surface area (Å²) < 4.78 is 0. The first-order chi connectivity index (χ1) is 8.81. The minimum Gasteiger partial charge on any atom is -0.396 e. The number of nitrogen functional groups attached to an aromatic ring is 1. The number of rotatable bonds is 2. The molecule has 0 radical (unpaired) electrons. The van der Waals surface area contributed by atoms with Gasteiger partial charge in [-0.15, -0.1) is 34.0 Å². The topological polar surface area (TPSA) is 49.8 Å². The molecule has 0 saturated heterocycles. The molecule has 3 aromatic rings. The molecule has 0 saturated carbocycles. The van der Waals surface area contributed by atoms with E-state index >= 15 is 0 Å². The van der Waals surface area contributed by atoms with Crippen molar-refractivity contribution in [1.82, 2.24) is 0 Å². The number of nitriles is 1. The molecule has 5 heteroatoms. The van der Waals surface area contributed by atoms with E-state index in [0.29, 0.717) is 10.6 Å². The van der Waals surface area contributed by atoms with Crippen LogP contribution in [0, 0.1) is 11.3 Å². The summed E-state index contributed by atoms with van der Waals surface area (Å²) in [5, 5.41) is 13.2. The molecule has 3 aromatic heterocycles. The zero-order valence-electron chi connectivity index (χ0n) is 9.21. The first-order valence-electron chi connectivity index (χ1n) is 5.21. The van der Waals surface area contributed by atoms with Crippen molar-refractivity contribution in [3.8, 4) is 26.3 Å². The van der Waals surface area contributed by atoms with Gasteiger partial charge in [-0.05, 0) is 22.9 Å². The van der Waals surface area contributed by atoms with Crippen LogP contribution in [0.1, 0.15) is 4.88 Å². The lowest BCUT2D eigenvalue weighted by molar-refractivity contribution is 1.52. The van der Waals surface area contributed by atoms with Crippen molar-refractivity contribution in [3.05, 3.63) is 39.9 Å². The predicted molar refractivity (Wildman–Crippen MR) is 80.1 cm³/mol. The van der Waals surface area contributed by atoms with Crippen LogP contribution in [-0.4, -0.2) is 0 Å². The number of nitrogens with two attached hydrogens (primary N) is 1. The van der Waals surface area contributed by atoms with E-state index in [9.17, 15) is 0 Å². The Morgan fingerprint density at radius 1 is 1.06 bits per heavy atom. The van der Waals surface area contributed by atoms with Gasteiger partial charge in [0.15, 0.2) is 0 Å². The quantitative estimate of drug-likeness (QED) is 0.745. The number of nitrogens with zero attached hydrogens (tertiary/aromatic N) is 1. The molecule has 0 fully saturated rings. The third kappa shape index (κ3) is 1.75. The number of anilines is 1. The van der Waals surface area contributed by atoms with Crippen molar-refractivity contribution >= 4 is 39.7 Å². The summed E-state index contributed by atoms with van der Waals surface area (Å²) in [7, 11) is 0. The van der Waals surface area contributed by atoms with Gasteiger partial charge in [0.25, 0.3) is 0 Å². The molecule has 18 heavy (non-hydrogen) atoms. The molecule has 0 aliphatic rings. The van der Waals surface area contributed by atoms with E-state index in [4.69, 9.17) is 11.0 Å². The summed E-state index contributed by atoms with van der Waals surface area (Å²) in [5.74, 6) is 0. The summed E-state index contributed by atoms with van der Waals surface area (Å²) >= 11 is 4.79. The van der Waals surface area contributed by atoms with Gasteiger partial charge in [0.05, 0.1) is 10.6 Å². The molecule has 0 atom stereocenters. The summed E-state index contributed by atoms with van der Waals surface area (Å²) in [6, 6.07) is 10.3. The maximum atomic E-state index is 9.14. The van der Waals surface area contributed by atoms with Gasteiger partial charge in [-0.3, -0.25) is 0 Å². The Morgan fingerprint density at radius 3 is 2.28 bits per heavy atom. The third-order valence-corrected chi connectivity index (χ3v) is 5.61. The normalized spacial score (nSPS) is 10.4. The van der Waals surface area contributed by atoms with Crippen LogP contribution in [0.3, 0.4) is 0 Å². The molecule has 0 aliphatic heterocycles. The zero-order valence-corrected chi connectivity index (χ0v) is 11.7. The second-order valence-corrected chi connectivity index (χ2v) is 6.53.